The van der Waals surface area contributed by atoms with Gasteiger partial charge in [-0.2, -0.15) is 0 Å². The van der Waals surface area contributed by atoms with Crippen molar-refractivity contribution in [1.29, 1.82) is 0 Å². The Hall–Kier alpha value is -1.34. The molecule has 1 saturated heterocycles. The third kappa shape index (κ3) is 4.35. The molecule has 0 spiro atoms. The highest BCUT2D eigenvalue weighted by Gasteiger charge is 2.18. The number of aliphatic hydroxyl groups is 1. The van der Waals surface area contributed by atoms with Gasteiger partial charge in [-0.1, -0.05) is 37.0 Å². The van der Waals surface area contributed by atoms with Crippen molar-refractivity contribution in [2.45, 2.75) is 32.4 Å². The molecule has 1 unspecified atom stereocenters. The van der Waals surface area contributed by atoms with E-state index in [4.69, 9.17) is 9.84 Å². The summed E-state index contributed by atoms with van der Waals surface area (Å²) in [6, 6.07) is 8.15. The Labute approximate surface area is 121 Å². The number of benzene rings is 1. The van der Waals surface area contributed by atoms with Crippen LogP contribution in [0.25, 0.3) is 0 Å². The van der Waals surface area contributed by atoms with E-state index < -0.39 is 0 Å². The fraction of sp³-hybridized carbons (Fsp3) is 0.529. The summed E-state index contributed by atoms with van der Waals surface area (Å²) < 4.78 is 5.72. The van der Waals surface area contributed by atoms with E-state index in [0.29, 0.717) is 6.10 Å². The van der Waals surface area contributed by atoms with Gasteiger partial charge in [0, 0.05) is 25.3 Å². The van der Waals surface area contributed by atoms with Gasteiger partial charge in [-0.25, -0.2) is 0 Å². The van der Waals surface area contributed by atoms with Gasteiger partial charge < -0.3 is 9.84 Å². The molecule has 1 heterocycles. The number of nitrogens with zero attached hydrogens (tertiary/aromatic N) is 1. The van der Waals surface area contributed by atoms with E-state index in [1.54, 1.807) is 0 Å². The lowest BCUT2D eigenvalue weighted by molar-refractivity contribution is 0.0724. The van der Waals surface area contributed by atoms with Crippen LogP contribution in [-0.4, -0.2) is 42.4 Å². The van der Waals surface area contributed by atoms with E-state index in [9.17, 15) is 0 Å². The van der Waals surface area contributed by atoms with Crippen molar-refractivity contribution in [3.63, 3.8) is 0 Å². The lowest BCUT2D eigenvalue weighted by Crippen LogP contribution is -2.31. The molecule has 2 rings (SSSR count). The van der Waals surface area contributed by atoms with Gasteiger partial charge in [-0.15, -0.1) is 0 Å². The minimum absolute atomic E-state index is 0.0955. The van der Waals surface area contributed by atoms with E-state index in [0.717, 1.165) is 31.8 Å². The number of ether oxygens (including phenoxy) is 1. The molecular formula is C17H23NO2. The highest BCUT2D eigenvalue weighted by Crippen LogP contribution is 2.16. The smallest absolute Gasteiger partial charge is 0.104 e. The first-order valence-electron chi connectivity index (χ1n) is 7.35. The van der Waals surface area contributed by atoms with Gasteiger partial charge >= 0.3 is 0 Å². The topological polar surface area (TPSA) is 32.7 Å². The minimum Gasteiger partial charge on any atom is -0.384 e. The van der Waals surface area contributed by atoms with E-state index in [1.165, 1.54) is 18.4 Å². The highest BCUT2D eigenvalue weighted by atomic mass is 16.5. The fourth-order valence-corrected chi connectivity index (χ4v) is 2.54. The Morgan fingerprint density at radius 3 is 2.95 bits per heavy atom. The first kappa shape index (κ1) is 15.1. The van der Waals surface area contributed by atoms with Crippen LogP contribution in [0.4, 0.5) is 0 Å². The lowest BCUT2D eigenvalue weighted by Gasteiger charge is -2.24. The molecule has 0 bridgehead atoms. The first-order chi connectivity index (χ1) is 9.83. The van der Waals surface area contributed by atoms with Gasteiger partial charge in [-0.05, 0) is 31.0 Å². The van der Waals surface area contributed by atoms with Gasteiger partial charge in [0.25, 0.3) is 0 Å². The van der Waals surface area contributed by atoms with E-state index in [1.807, 2.05) is 18.2 Å². The molecule has 3 heteroatoms. The van der Waals surface area contributed by atoms with Crippen LogP contribution in [0.1, 0.15) is 30.9 Å². The zero-order chi connectivity index (χ0) is 14.2. The predicted octanol–water partition coefficient (Wildman–Crippen LogP) is 2.03. The van der Waals surface area contributed by atoms with Crippen LogP contribution in [0.3, 0.4) is 0 Å². The van der Waals surface area contributed by atoms with Gasteiger partial charge in [0.05, 0.1) is 6.10 Å². The summed E-state index contributed by atoms with van der Waals surface area (Å²) in [6.07, 6.45) is 2.73. The molecule has 1 aliphatic rings. The zero-order valence-corrected chi connectivity index (χ0v) is 12.1. The maximum Gasteiger partial charge on any atom is 0.104 e. The number of rotatable bonds is 5. The van der Waals surface area contributed by atoms with Crippen molar-refractivity contribution in [1.82, 2.24) is 4.90 Å². The van der Waals surface area contributed by atoms with Crippen LogP contribution < -0.4 is 0 Å². The van der Waals surface area contributed by atoms with E-state index in [2.05, 4.69) is 29.7 Å². The molecule has 0 aliphatic carbocycles. The van der Waals surface area contributed by atoms with Crippen molar-refractivity contribution < 1.29 is 9.84 Å². The van der Waals surface area contributed by atoms with E-state index >= 15 is 0 Å². The maximum absolute atomic E-state index is 8.84. The Morgan fingerprint density at radius 1 is 1.40 bits per heavy atom. The second-order valence-corrected chi connectivity index (χ2v) is 5.08. The Balaban J connectivity index is 2.02. The molecule has 1 atom stereocenters. The van der Waals surface area contributed by atoms with Crippen molar-refractivity contribution in [2.24, 2.45) is 0 Å². The molecule has 1 aromatic rings. The summed E-state index contributed by atoms with van der Waals surface area (Å²) in [7, 11) is 0. The molecular weight excluding hydrogens is 250 g/mol. The average molecular weight is 273 g/mol. The summed E-state index contributed by atoms with van der Waals surface area (Å²) >= 11 is 0. The summed E-state index contributed by atoms with van der Waals surface area (Å²) in [6.45, 7) is 5.85. The monoisotopic (exact) mass is 273 g/mol. The molecule has 108 valence electrons. The molecule has 0 amide bonds. The summed E-state index contributed by atoms with van der Waals surface area (Å²) in [5.41, 5.74) is 2.22. The largest absolute Gasteiger partial charge is 0.384 e. The predicted molar refractivity (Wildman–Crippen MR) is 80.3 cm³/mol. The van der Waals surface area contributed by atoms with Crippen LogP contribution in [0.15, 0.2) is 24.3 Å². The second kappa shape index (κ2) is 8.06. The molecule has 1 N–H and O–H groups in total. The number of aliphatic hydroxyl groups excluding tert-OH is 1. The standard InChI is InChI=1S/C17H23NO2/c1-2-18(14-17-10-6-12-20-17)13-16-8-4-3-7-15(16)9-5-11-19/h3-4,7-8,17,19H,2,6,10-14H2,1H3. The second-order valence-electron chi connectivity index (χ2n) is 5.08. The van der Waals surface area contributed by atoms with Crippen LogP contribution in [0.2, 0.25) is 0 Å². The first-order valence-corrected chi connectivity index (χ1v) is 7.35. The van der Waals surface area contributed by atoms with Gasteiger partial charge in [0.15, 0.2) is 0 Å². The molecule has 0 saturated carbocycles. The molecule has 1 fully saturated rings. The molecule has 0 radical (unpaired) electrons. The van der Waals surface area contributed by atoms with Crippen LogP contribution >= 0.6 is 0 Å². The third-order valence-corrected chi connectivity index (χ3v) is 3.65. The van der Waals surface area contributed by atoms with Crippen molar-refractivity contribution in [3.8, 4) is 11.8 Å². The lowest BCUT2D eigenvalue weighted by atomic mass is 10.1. The van der Waals surface area contributed by atoms with Crippen molar-refractivity contribution in [2.75, 3.05) is 26.3 Å². The maximum atomic E-state index is 8.84. The fourth-order valence-electron chi connectivity index (χ4n) is 2.54. The van der Waals surface area contributed by atoms with Gasteiger partial charge in [0.1, 0.15) is 6.61 Å². The van der Waals surface area contributed by atoms with Crippen LogP contribution in [-0.2, 0) is 11.3 Å². The normalized spacial score (nSPS) is 18.1. The summed E-state index contributed by atoms with van der Waals surface area (Å²) in [5.74, 6) is 5.76. The summed E-state index contributed by atoms with van der Waals surface area (Å²) in [5, 5.41) is 8.84. The van der Waals surface area contributed by atoms with Crippen LogP contribution in [0.5, 0.6) is 0 Å². The SMILES string of the molecule is CCN(Cc1ccccc1C#CCO)CC1CCCO1. The van der Waals surface area contributed by atoms with Crippen molar-refractivity contribution >= 4 is 0 Å². The average Bonchev–Trinajstić information content (AvgIpc) is 2.98. The number of likely N-dealkylation sites (N-methyl/N-ethyl adjacent to an activating group) is 1. The molecule has 20 heavy (non-hydrogen) atoms. The quantitative estimate of drug-likeness (QED) is 0.833. The van der Waals surface area contributed by atoms with Gasteiger partial charge in [0.2, 0.25) is 0 Å². The third-order valence-electron chi connectivity index (χ3n) is 3.65. The number of hydrogen-bond donors (Lipinski definition) is 1. The van der Waals surface area contributed by atoms with Gasteiger partial charge in [-0.3, -0.25) is 4.90 Å². The Bertz CT molecular complexity index is 469. The molecule has 1 aromatic carbocycles. The number of hydrogen-bond acceptors (Lipinski definition) is 3. The van der Waals surface area contributed by atoms with E-state index in [-0.39, 0.29) is 6.61 Å². The minimum atomic E-state index is -0.0955. The molecule has 1 aliphatic heterocycles. The highest BCUT2D eigenvalue weighted by molar-refractivity contribution is 5.41. The Kier molecular flexibility index (Phi) is 6.07. The van der Waals surface area contributed by atoms with Crippen molar-refractivity contribution in [3.05, 3.63) is 35.4 Å². The van der Waals surface area contributed by atoms with Crippen LogP contribution in [0, 0.1) is 11.8 Å². The summed E-state index contributed by atoms with van der Waals surface area (Å²) in [4.78, 5) is 2.40. The molecule has 3 nitrogen and oxygen atoms in total. The Morgan fingerprint density at radius 2 is 2.25 bits per heavy atom. The zero-order valence-electron chi connectivity index (χ0n) is 12.1. The molecule has 0 aromatic heterocycles.